The number of likely N-dealkylation sites (N-methyl/N-ethyl adjacent to an activating group) is 1. The molecule has 3 rings (SSSR count). The summed E-state index contributed by atoms with van der Waals surface area (Å²) in [6.45, 7) is 7.51. The minimum absolute atomic E-state index is 0.0363. The minimum atomic E-state index is -0.399. The molecule has 4 atom stereocenters. The average molecular weight is 533 g/mol. The minimum Gasteiger partial charge on any atom is -0.490 e. The Labute approximate surface area is 228 Å². The molecule has 38 heavy (non-hydrogen) atoms. The fourth-order valence-electron chi connectivity index (χ4n) is 5.29. The molecule has 3 amide bonds. The molecule has 0 spiro atoms. The van der Waals surface area contributed by atoms with E-state index in [0.717, 1.165) is 44.9 Å². The predicted octanol–water partition coefficient (Wildman–Crippen LogP) is 4.16. The largest absolute Gasteiger partial charge is 0.490 e. The van der Waals surface area contributed by atoms with E-state index in [2.05, 4.69) is 22.9 Å². The summed E-state index contributed by atoms with van der Waals surface area (Å²) in [4.78, 5) is 28.4. The number of benzene rings is 1. The van der Waals surface area contributed by atoms with Gasteiger partial charge >= 0.3 is 6.03 Å². The van der Waals surface area contributed by atoms with E-state index in [1.807, 2.05) is 20.9 Å². The molecule has 214 valence electrons. The number of anilines is 1. The van der Waals surface area contributed by atoms with Crippen molar-refractivity contribution in [3.8, 4) is 5.75 Å². The number of carbonyl (C=O) groups excluding carboxylic acids is 2. The fourth-order valence-corrected chi connectivity index (χ4v) is 5.29. The van der Waals surface area contributed by atoms with Crippen LogP contribution in [-0.4, -0.2) is 79.6 Å². The second-order valence-electron chi connectivity index (χ2n) is 11.0. The zero-order valence-electron chi connectivity index (χ0n) is 23.6. The van der Waals surface area contributed by atoms with Crippen molar-refractivity contribution in [1.82, 2.24) is 15.5 Å². The molecule has 0 radical (unpaired) electrons. The molecule has 1 fully saturated rings. The lowest BCUT2D eigenvalue weighted by Gasteiger charge is -2.34. The molecular weight excluding hydrogens is 484 g/mol. The summed E-state index contributed by atoms with van der Waals surface area (Å²) in [5.41, 5.74) is 0.909. The van der Waals surface area contributed by atoms with Crippen molar-refractivity contribution in [2.24, 2.45) is 5.92 Å². The first-order valence-electron chi connectivity index (χ1n) is 14.4. The lowest BCUT2D eigenvalue weighted by Crippen LogP contribution is -2.47. The topological polar surface area (TPSA) is 112 Å². The maximum Gasteiger partial charge on any atom is 0.319 e. The van der Waals surface area contributed by atoms with E-state index in [1.165, 1.54) is 6.42 Å². The maximum absolute atomic E-state index is 14.0. The SMILES string of the molecule is CNC[C@H]1OCCCC[C@H](C)Oc2ccc(NC(=O)NC3CCCCC3)cc2C(=O)N([C@@H](C)CO)C[C@@H]1C. The zero-order valence-corrected chi connectivity index (χ0v) is 23.6. The van der Waals surface area contributed by atoms with Gasteiger partial charge in [0.2, 0.25) is 0 Å². The third kappa shape index (κ3) is 8.85. The van der Waals surface area contributed by atoms with Crippen molar-refractivity contribution < 1.29 is 24.2 Å². The molecule has 0 bridgehead atoms. The van der Waals surface area contributed by atoms with E-state index in [0.29, 0.717) is 36.7 Å². The lowest BCUT2D eigenvalue weighted by atomic mass is 9.96. The molecular formula is C29H48N4O5. The Morgan fingerprint density at radius 2 is 1.87 bits per heavy atom. The highest BCUT2D eigenvalue weighted by Gasteiger charge is 2.30. The molecule has 9 heteroatoms. The summed E-state index contributed by atoms with van der Waals surface area (Å²) < 4.78 is 12.5. The Morgan fingerprint density at radius 1 is 1.13 bits per heavy atom. The number of rotatable bonds is 6. The van der Waals surface area contributed by atoms with Crippen LogP contribution in [0.25, 0.3) is 0 Å². The smallest absolute Gasteiger partial charge is 0.319 e. The van der Waals surface area contributed by atoms with E-state index >= 15 is 0 Å². The van der Waals surface area contributed by atoms with Crippen LogP contribution in [0.4, 0.5) is 10.5 Å². The van der Waals surface area contributed by atoms with Gasteiger partial charge in [-0.05, 0) is 71.2 Å². The molecule has 9 nitrogen and oxygen atoms in total. The first-order chi connectivity index (χ1) is 18.3. The van der Waals surface area contributed by atoms with Crippen molar-refractivity contribution in [3.63, 3.8) is 0 Å². The molecule has 0 saturated heterocycles. The second-order valence-corrected chi connectivity index (χ2v) is 11.0. The molecule has 1 aromatic rings. The summed E-state index contributed by atoms with van der Waals surface area (Å²) in [6.07, 6.45) is 8.04. The van der Waals surface area contributed by atoms with Gasteiger partial charge in [0.05, 0.1) is 30.4 Å². The number of ether oxygens (including phenoxy) is 2. The van der Waals surface area contributed by atoms with Crippen molar-refractivity contribution in [1.29, 1.82) is 0 Å². The van der Waals surface area contributed by atoms with Gasteiger partial charge in [-0.15, -0.1) is 0 Å². The molecule has 4 N–H and O–H groups in total. The summed E-state index contributed by atoms with van der Waals surface area (Å²) in [7, 11) is 1.90. The molecule has 1 saturated carbocycles. The normalized spacial score (nSPS) is 25.0. The van der Waals surface area contributed by atoms with Crippen LogP contribution in [0.15, 0.2) is 18.2 Å². The zero-order chi connectivity index (χ0) is 27.5. The van der Waals surface area contributed by atoms with Crippen molar-refractivity contribution in [3.05, 3.63) is 23.8 Å². The molecule has 1 heterocycles. The second kappa shape index (κ2) is 15.3. The summed E-state index contributed by atoms with van der Waals surface area (Å²) in [6, 6.07) is 4.76. The van der Waals surface area contributed by atoms with E-state index in [9.17, 15) is 14.7 Å². The van der Waals surface area contributed by atoms with Crippen LogP contribution in [0, 0.1) is 5.92 Å². The molecule has 1 aliphatic heterocycles. The number of nitrogens with zero attached hydrogens (tertiary/aromatic N) is 1. The van der Waals surface area contributed by atoms with Gasteiger partial charge in [0, 0.05) is 37.3 Å². The summed E-state index contributed by atoms with van der Waals surface area (Å²) in [5, 5.41) is 19.2. The lowest BCUT2D eigenvalue weighted by molar-refractivity contribution is -0.000451. The van der Waals surface area contributed by atoms with Gasteiger partial charge < -0.3 is 35.4 Å². The van der Waals surface area contributed by atoms with E-state index in [4.69, 9.17) is 9.47 Å². The number of hydrogen-bond acceptors (Lipinski definition) is 6. The quantitative estimate of drug-likeness (QED) is 0.438. The van der Waals surface area contributed by atoms with Gasteiger partial charge in [-0.3, -0.25) is 4.79 Å². The number of carbonyl (C=O) groups is 2. The van der Waals surface area contributed by atoms with Gasteiger partial charge in [-0.1, -0.05) is 26.2 Å². The van der Waals surface area contributed by atoms with Crippen LogP contribution in [-0.2, 0) is 4.74 Å². The van der Waals surface area contributed by atoms with Crippen LogP contribution >= 0.6 is 0 Å². The Hall–Kier alpha value is -2.36. The Bertz CT molecular complexity index is 892. The molecule has 1 aromatic carbocycles. The van der Waals surface area contributed by atoms with Crippen LogP contribution in [0.5, 0.6) is 5.75 Å². The number of aliphatic hydroxyl groups excluding tert-OH is 1. The Morgan fingerprint density at radius 3 is 2.58 bits per heavy atom. The van der Waals surface area contributed by atoms with E-state index < -0.39 is 6.04 Å². The van der Waals surface area contributed by atoms with E-state index in [1.54, 1.807) is 23.1 Å². The number of hydrogen-bond donors (Lipinski definition) is 4. The van der Waals surface area contributed by atoms with Gasteiger partial charge in [0.15, 0.2) is 0 Å². The highest BCUT2D eigenvalue weighted by molar-refractivity contribution is 5.99. The number of fused-ring (bicyclic) bond motifs is 1. The third-order valence-corrected chi connectivity index (χ3v) is 7.66. The van der Waals surface area contributed by atoms with Gasteiger partial charge in [0.1, 0.15) is 5.75 Å². The number of urea groups is 1. The van der Waals surface area contributed by atoms with Gasteiger partial charge in [0.25, 0.3) is 5.91 Å². The third-order valence-electron chi connectivity index (χ3n) is 7.66. The molecule has 1 aliphatic carbocycles. The first-order valence-corrected chi connectivity index (χ1v) is 14.4. The van der Waals surface area contributed by atoms with Crippen LogP contribution in [0.1, 0.15) is 82.5 Å². The van der Waals surface area contributed by atoms with Gasteiger partial charge in [-0.2, -0.15) is 0 Å². The Kier molecular flexibility index (Phi) is 12.1. The fraction of sp³-hybridized carbons (Fsp3) is 0.724. The average Bonchev–Trinajstić information content (AvgIpc) is 2.90. The highest BCUT2D eigenvalue weighted by atomic mass is 16.5. The van der Waals surface area contributed by atoms with Crippen molar-refractivity contribution in [2.75, 3.05) is 38.7 Å². The standard InChI is InChI=1S/C29H48N4O5/c1-20-18-33(21(2)19-34)28(35)25-16-24(32-29(36)31-23-11-6-5-7-12-23)13-14-26(25)38-22(3)10-8-9-15-37-27(20)17-30-4/h13-14,16,20-23,27,30,34H,5-12,15,17-19H2,1-4H3,(H2,31,32,36)/t20-,21-,22-,27+/m0/s1. The van der Waals surface area contributed by atoms with Crippen molar-refractivity contribution in [2.45, 2.75) is 96.4 Å². The number of aliphatic hydroxyl groups is 1. The molecule has 0 unspecified atom stereocenters. The first kappa shape index (κ1) is 30.2. The number of nitrogens with one attached hydrogen (secondary N) is 3. The molecule has 2 aliphatic rings. The Balaban J connectivity index is 1.89. The van der Waals surface area contributed by atoms with Crippen LogP contribution in [0.2, 0.25) is 0 Å². The van der Waals surface area contributed by atoms with Crippen LogP contribution in [0.3, 0.4) is 0 Å². The van der Waals surface area contributed by atoms with E-state index in [-0.39, 0.29) is 42.7 Å². The summed E-state index contributed by atoms with van der Waals surface area (Å²) in [5.74, 6) is 0.287. The monoisotopic (exact) mass is 532 g/mol. The van der Waals surface area contributed by atoms with Gasteiger partial charge in [-0.25, -0.2) is 4.79 Å². The maximum atomic E-state index is 14.0. The highest BCUT2D eigenvalue weighted by Crippen LogP contribution is 2.28. The predicted molar refractivity (Wildman–Crippen MR) is 150 cm³/mol. The van der Waals surface area contributed by atoms with Crippen molar-refractivity contribution >= 4 is 17.6 Å². The van der Waals surface area contributed by atoms with Crippen LogP contribution < -0.4 is 20.7 Å². The number of amides is 3. The molecule has 0 aromatic heterocycles. The summed E-state index contributed by atoms with van der Waals surface area (Å²) >= 11 is 0.